The lowest BCUT2D eigenvalue weighted by Crippen LogP contribution is -2.33. The predicted octanol–water partition coefficient (Wildman–Crippen LogP) is 2.84. The van der Waals surface area contributed by atoms with Crippen molar-refractivity contribution in [3.8, 4) is 0 Å². The molecular weight excluding hydrogens is 198 g/mol. The lowest BCUT2D eigenvalue weighted by Gasteiger charge is -2.27. The second-order valence-corrected chi connectivity index (χ2v) is 4.67. The topological polar surface area (TPSA) is 21.3 Å². The van der Waals surface area contributed by atoms with Crippen molar-refractivity contribution in [2.24, 2.45) is 5.41 Å². The molecule has 1 N–H and O–H groups in total. The van der Waals surface area contributed by atoms with E-state index in [1.54, 1.807) is 0 Å². The standard InChI is InChI=1S/C14H23NO/c1-4-14(2,11-15-3)12-16-10-13-8-6-5-7-9-13/h5-9,15H,4,10-12H2,1-3H3. The molecule has 0 spiro atoms. The van der Waals surface area contributed by atoms with Crippen molar-refractivity contribution in [3.63, 3.8) is 0 Å². The lowest BCUT2D eigenvalue weighted by molar-refractivity contribution is 0.0411. The zero-order valence-electron chi connectivity index (χ0n) is 10.6. The van der Waals surface area contributed by atoms with Gasteiger partial charge in [0.2, 0.25) is 0 Å². The maximum absolute atomic E-state index is 5.79. The Morgan fingerprint density at radius 1 is 1.25 bits per heavy atom. The largest absolute Gasteiger partial charge is 0.376 e. The molecule has 0 saturated heterocycles. The van der Waals surface area contributed by atoms with Gasteiger partial charge < -0.3 is 10.1 Å². The predicted molar refractivity (Wildman–Crippen MR) is 68.4 cm³/mol. The quantitative estimate of drug-likeness (QED) is 0.764. The Morgan fingerprint density at radius 3 is 2.50 bits per heavy atom. The maximum Gasteiger partial charge on any atom is 0.0717 e. The third kappa shape index (κ3) is 4.33. The summed E-state index contributed by atoms with van der Waals surface area (Å²) in [6, 6.07) is 10.3. The normalized spacial score (nSPS) is 14.7. The van der Waals surface area contributed by atoms with Gasteiger partial charge in [0.15, 0.2) is 0 Å². The molecule has 2 heteroatoms. The van der Waals surface area contributed by atoms with Crippen molar-refractivity contribution in [1.82, 2.24) is 5.32 Å². The molecule has 0 bridgehead atoms. The average Bonchev–Trinajstić information content (AvgIpc) is 2.31. The van der Waals surface area contributed by atoms with Crippen molar-refractivity contribution in [3.05, 3.63) is 35.9 Å². The van der Waals surface area contributed by atoms with Gasteiger partial charge in [0.05, 0.1) is 13.2 Å². The first-order valence-corrected chi connectivity index (χ1v) is 5.96. The van der Waals surface area contributed by atoms with Crippen LogP contribution in [0, 0.1) is 5.41 Å². The molecule has 0 heterocycles. The van der Waals surface area contributed by atoms with E-state index in [1.807, 2.05) is 25.2 Å². The Hall–Kier alpha value is -0.860. The second-order valence-electron chi connectivity index (χ2n) is 4.67. The van der Waals surface area contributed by atoms with Crippen LogP contribution in [0.2, 0.25) is 0 Å². The maximum atomic E-state index is 5.79. The van der Waals surface area contributed by atoms with Crippen LogP contribution in [0.15, 0.2) is 30.3 Å². The molecule has 0 radical (unpaired) electrons. The van der Waals surface area contributed by atoms with Gasteiger partial charge in [-0.05, 0) is 19.0 Å². The molecule has 0 aliphatic carbocycles. The van der Waals surface area contributed by atoms with Gasteiger partial charge in [-0.25, -0.2) is 0 Å². The number of hydrogen-bond donors (Lipinski definition) is 1. The highest BCUT2D eigenvalue weighted by molar-refractivity contribution is 5.13. The van der Waals surface area contributed by atoms with E-state index < -0.39 is 0 Å². The van der Waals surface area contributed by atoms with E-state index in [9.17, 15) is 0 Å². The van der Waals surface area contributed by atoms with Gasteiger partial charge in [-0.15, -0.1) is 0 Å². The molecule has 0 aliphatic heterocycles. The fourth-order valence-electron chi connectivity index (χ4n) is 1.69. The highest BCUT2D eigenvalue weighted by Gasteiger charge is 2.21. The summed E-state index contributed by atoms with van der Waals surface area (Å²) < 4.78 is 5.79. The third-order valence-corrected chi connectivity index (χ3v) is 3.02. The highest BCUT2D eigenvalue weighted by Crippen LogP contribution is 2.20. The SMILES string of the molecule is CCC(C)(CNC)COCc1ccccc1. The molecule has 1 unspecified atom stereocenters. The molecular formula is C14H23NO. The monoisotopic (exact) mass is 221 g/mol. The molecule has 1 rings (SSSR count). The summed E-state index contributed by atoms with van der Waals surface area (Å²) in [5.74, 6) is 0. The first-order chi connectivity index (χ1) is 7.70. The molecule has 90 valence electrons. The Morgan fingerprint density at radius 2 is 1.94 bits per heavy atom. The molecule has 0 aromatic heterocycles. The van der Waals surface area contributed by atoms with Crippen LogP contribution in [-0.4, -0.2) is 20.2 Å². The Bertz CT molecular complexity index is 286. The zero-order valence-corrected chi connectivity index (χ0v) is 10.6. The number of benzene rings is 1. The first kappa shape index (κ1) is 13.2. The molecule has 1 aromatic carbocycles. The van der Waals surface area contributed by atoms with E-state index >= 15 is 0 Å². The van der Waals surface area contributed by atoms with Crippen LogP contribution >= 0.6 is 0 Å². The molecule has 16 heavy (non-hydrogen) atoms. The van der Waals surface area contributed by atoms with Crippen LogP contribution in [0.1, 0.15) is 25.8 Å². The summed E-state index contributed by atoms with van der Waals surface area (Å²) in [5, 5.41) is 3.23. The van der Waals surface area contributed by atoms with Crippen molar-refractivity contribution in [1.29, 1.82) is 0 Å². The zero-order chi connectivity index (χ0) is 11.9. The van der Waals surface area contributed by atoms with Gasteiger partial charge in [0.1, 0.15) is 0 Å². The van der Waals surface area contributed by atoms with Gasteiger partial charge in [0, 0.05) is 12.0 Å². The van der Waals surface area contributed by atoms with Crippen molar-refractivity contribution >= 4 is 0 Å². The minimum absolute atomic E-state index is 0.240. The summed E-state index contributed by atoms with van der Waals surface area (Å²) in [4.78, 5) is 0. The average molecular weight is 221 g/mol. The fraction of sp³-hybridized carbons (Fsp3) is 0.571. The van der Waals surface area contributed by atoms with Crippen LogP contribution in [0.5, 0.6) is 0 Å². The number of ether oxygens (including phenoxy) is 1. The van der Waals surface area contributed by atoms with E-state index in [-0.39, 0.29) is 5.41 Å². The lowest BCUT2D eigenvalue weighted by atomic mass is 9.88. The summed E-state index contributed by atoms with van der Waals surface area (Å²) in [7, 11) is 1.99. The van der Waals surface area contributed by atoms with E-state index in [1.165, 1.54) is 5.56 Å². The van der Waals surface area contributed by atoms with Crippen LogP contribution in [-0.2, 0) is 11.3 Å². The van der Waals surface area contributed by atoms with Crippen LogP contribution in [0.3, 0.4) is 0 Å². The van der Waals surface area contributed by atoms with Crippen LogP contribution in [0.25, 0.3) is 0 Å². The fourth-order valence-corrected chi connectivity index (χ4v) is 1.69. The minimum Gasteiger partial charge on any atom is -0.376 e. The molecule has 0 aliphatic rings. The molecule has 0 saturated carbocycles. The number of nitrogens with one attached hydrogen (secondary N) is 1. The van der Waals surface area contributed by atoms with Crippen molar-refractivity contribution < 1.29 is 4.74 Å². The van der Waals surface area contributed by atoms with Gasteiger partial charge in [-0.1, -0.05) is 44.2 Å². The minimum atomic E-state index is 0.240. The number of hydrogen-bond acceptors (Lipinski definition) is 2. The molecule has 0 amide bonds. The van der Waals surface area contributed by atoms with Gasteiger partial charge in [-0.2, -0.15) is 0 Å². The van der Waals surface area contributed by atoms with E-state index in [0.29, 0.717) is 6.61 Å². The van der Waals surface area contributed by atoms with Crippen LogP contribution in [0.4, 0.5) is 0 Å². The van der Waals surface area contributed by atoms with E-state index in [2.05, 4.69) is 31.3 Å². The molecule has 1 atom stereocenters. The smallest absolute Gasteiger partial charge is 0.0717 e. The third-order valence-electron chi connectivity index (χ3n) is 3.02. The van der Waals surface area contributed by atoms with Gasteiger partial charge >= 0.3 is 0 Å². The Balaban J connectivity index is 2.34. The first-order valence-electron chi connectivity index (χ1n) is 5.96. The Kier molecular flexibility index (Phi) is 5.50. The van der Waals surface area contributed by atoms with Crippen molar-refractivity contribution in [2.75, 3.05) is 20.2 Å². The highest BCUT2D eigenvalue weighted by atomic mass is 16.5. The summed E-state index contributed by atoms with van der Waals surface area (Å²) in [6.45, 7) is 6.98. The van der Waals surface area contributed by atoms with Crippen LogP contribution < -0.4 is 5.32 Å². The van der Waals surface area contributed by atoms with Gasteiger partial charge in [0.25, 0.3) is 0 Å². The number of rotatable bonds is 7. The van der Waals surface area contributed by atoms with Crippen molar-refractivity contribution in [2.45, 2.75) is 26.9 Å². The summed E-state index contributed by atoms with van der Waals surface area (Å²) in [5.41, 5.74) is 1.48. The molecule has 1 aromatic rings. The molecule has 2 nitrogen and oxygen atoms in total. The molecule has 0 fully saturated rings. The Labute approximate surface area is 99.0 Å². The van der Waals surface area contributed by atoms with E-state index in [4.69, 9.17) is 4.74 Å². The van der Waals surface area contributed by atoms with Gasteiger partial charge in [-0.3, -0.25) is 0 Å². The second kappa shape index (κ2) is 6.66. The summed E-state index contributed by atoms with van der Waals surface area (Å²) in [6.07, 6.45) is 1.13. The summed E-state index contributed by atoms with van der Waals surface area (Å²) >= 11 is 0. The van der Waals surface area contributed by atoms with E-state index in [0.717, 1.165) is 19.6 Å².